The van der Waals surface area contributed by atoms with Crippen molar-refractivity contribution in [2.45, 2.75) is 30.5 Å². The largest absolute Gasteiger partial charge is 0.468 e. The zero-order valence-corrected chi connectivity index (χ0v) is 22.2. The number of methoxy groups -OCH3 is 1. The first kappa shape index (κ1) is 26.2. The Morgan fingerprint density at radius 3 is 2.72 bits per heavy atom. The number of benzene rings is 1. The van der Waals surface area contributed by atoms with Crippen LogP contribution in [0.3, 0.4) is 0 Å². The highest BCUT2D eigenvalue weighted by Crippen LogP contribution is 2.27. The van der Waals surface area contributed by atoms with E-state index in [4.69, 9.17) is 9.47 Å². The van der Waals surface area contributed by atoms with Crippen molar-refractivity contribution in [1.82, 2.24) is 8.87 Å². The lowest BCUT2D eigenvalue weighted by Gasteiger charge is -2.29. The third-order valence-corrected chi connectivity index (χ3v) is 10.0. The second-order valence-corrected chi connectivity index (χ2v) is 12.2. The first-order chi connectivity index (χ1) is 17.2. The van der Waals surface area contributed by atoms with Crippen molar-refractivity contribution in [3.8, 4) is 0 Å². The Bertz CT molecular complexity index is 1460. The number of aromatic nitrogens is 1. The summed E-state index contributed by atoms with van der Waals surface area (Å²) in [6.07, 6.45) is 1.04. The maximum atomic E-state index is 13.2. The minimum Gasteiger partial charge on any atom is -0.468 e. The van der Waals surface area contributed by atoms with Gasteiger partial charge in [-0.25, -0.2) is 13.2 Å². The molecule has 1 fully saturated rings. The summed E-state index contributed by atoms with van der Waals surface area (Å²) < 4.78 is 39.5. The molecule has 1 saturated heterocycles. The Balaban J connectivity index is 1.67. The van der Waals surface area contributed by atoms with Crippen molar-refractivity contribution in [1.29, 1.82) is 0 Å². The summed E-state index contributed by atoms with van der Waals surface area (Å²) in [5.74, 6) is -2.07. The van der Waals surface area contributed by atoms with Crippen LogP contribution in [0, 0.1) is 5.92 Å². The van der Waals surface area contributed by atoms with Crippen molar-refractivity contribution in [3.63, 3.8) is 0 Å². The zero-order valence-electron chi connectivity index (χ0n) is 19.7. The number of piperidine rings is 1. The van der Waals surface area contributed by atoms with Gasteiger partial charge >= 0.3 is 11.9 Å². The number of nitrogens with zero attached hydrogens (tertiary/aromatic N) is 3. The van der Waals surface area contributed by atoms with Gasteiger partial charge in [-0.05, 0) is 49.4 Å². The molecule has 10 nitrogen and oxygen atoms in total. The fourth-order valence-corrected chi connectivity index (χ4v) is 7.67. The lowest BCUT2D eigenvalue weighted by atomic mass is 9.99. The van der Waals surface area contributed by atoms with Gasteiger partial charge in [0.1, 0.15) is 10.8 Å². The smallest absolute Gasteiger partial charge is 0.338 e. The van der Waals surface area contributed by atoms with Gasteiger partial charge in [0, 0.05) is 13.1 Å². The lowest BCUT2D eigenvalue weighted by Crippen LogP contribution is -2.42. The normalized spacial score (nSPS) is 17.3. The van der Waals surface area contributed by atoms with E-state index >= 15 is 0 Å². The lowest BCUT2D eigenvalue weighted by molar-refractivity contribution is -0.141. The Morgan fingerprint density at radius 1 is 1.22 bits per heavy atom. The maximum Gasteiger partial charge on any atom is 0.338 e. The van der Waals surface area contributed by atoms with E-state index in [1.165, 1.54) is 11.4 Å². The molecule has 1 amide bonds. The molecule has 0 radical (unpaired) electrons. The number of thiophene rings is 1. The van der Waals surface area contributed by atoms with Gasteiger partial charge in [0.15, 0.2) is 4.80 Å². The van der Waals surface area contributed by atoms with Crippen molar-refractivity contribution in [3.05, 3.63) is 46.1 Å². The summed E-state index contributed by atoms with van der Waals surface area (Å²) in [4.78, 5) is 42.0. The molecule has 36 heavy (non-hydrogen) atoms. The number of hydrogen-bond acceptors (Lipinski definition) is 9. The quantitative estimate of drug-likeness (QED) is 0.414. The van der Waals surface area contributed by atoms with Crippen LogP contribution in [0.1, 0.15) is 30.1 Å². The van der Waals surface area contributed by atoms with E-state index in [1.807, 2.05) is 0 Å². The molecule has 1 atom stereocenters. The van der Waals surface area contributed by atoms with Crippen LogP contribution in [0.25, 0.3) is 10.2 Å². The van der Waals surface area contributed by atoms with Crippen molar-refractivity contribution < 1.29 is 32.3 Å². The third kappa shape index (κ3) is 5.43. The highest BCUT2D eigenvalue weighted by atomic mass is 32.2. The Morgan fingerprint density at radius 2 is 2.03 bits per heavy atom. The van der Waals surface area contributed by atoms with Crippen molar-refractivity contribution >= 4 is 60.8 Å². The fourth-order valence-electron chi connectivity index (χ4n) is 3.93. The number of sulfonamides is 1. The van der Waals surface area contributed by atoms with Gasteiger partial charge in [-0.2, -0.15) is 9.30 Å². The standard InChI is InChI=1S/C23H25N3O7S3/c1-3-33-22(29)15-8-9-17-18(12-15)35-23(26(17)14-19(27)32-2)24-21(28)16-6-4-10-25(13-16)36(30,31)20-7-5-11-34-20/h5,7-9,11-12,16H,3-4,6,10,13-14H2,1-2H3. The number of thiazole rings is 1. The Hall–Kier alpha value is -2.87. The Labute approximate surface area is 215 Å². The number of esters is 2. The van der Waals surface area contributed by atoms with E-state index in [0.717, 1.165) is 22.7 Å². The zero-order chi connectivity index (χ0) is 25.9. The summed E-state index contributed by atoms with van der Waals surface area (Å²) in [6, 6.07) is 8.11. The van der Waals surface area contributed by atoms with Crippen LogP contribution in [0.4, 0.5) is 0 Å². The van der Waals surface area contributed by atoms with E-state index in [-0.39, 0.29) is 28.7 Å². The molecule has 192 valence electrons. The first-order valence-corrected chi connectivity index (χ1v) is 14.4. The summed E-state index contributed by atoms with van der Waals surface area (Å²) in [5.41, 5.74) is 0.950. The highest BCUT2D eigenvalue weighted by molar-refractivity contribution is 7.91. The van der Waals surface area contributed by atoms with Gasteiger partial charge in [0.05, 0.1) is 35.4 Å². The Kier molecular flexibility index (Phi) is 8.03. The van der Waals surface area contributed by atoms with Gasteiger partial charge in [-0.1, -0.05) is 17.4 Å². The van der Waals surface area contributed by atoms with E-state index in [2.05, 4.69) is 4.99 Å². The van der Waals surface area contributed by atoms with E-state index in [9.17, 15) is 22.8 Å². The van der Waals surface area contributed by atoms with Gasteiger partial charge in [-0.3, -0.25) is 9.59 Å². The molecule has 13 heteroatoms. The first-order valence-electron chi connectivity index (χ1n) is 11.2. The van der Waals surface area contributed by atoms with E-state index < -0.39 is 33.8 Å². The minimum atomic E-state index is -3.67. The molecule has 3 aromatic rings. The second-order valence-electron chi connectivity index (χ2n) is 8.03. The number of carbonyl (C=O) groups is 3. The van der Waals surface area contributed by atoms with E-state index in [0.29, 0.717) is 35.2 Å². The SMILES string of the molecule is CCOC(=O)c1ccc2c(c1)sc(=NC(=O)C1CCCN(S(=O)(=O)c3cccs3)C1)n2CC(=O)OC. The van der Waals surface area contributed by atoms with Gasteiger partial charge < -0.3 is 14.0 Å². The molecule has 1 aliphatic heterocycles. The molecule has 1 aliphatic rings. The molecule has 2 aromatic heterocycles. The van der Waals surface area contributed by atoms with Crippen LogP contribution >= 0.6 is 22.7 Å². The van der Waals surface area contributed by atoms with Crippen LogP contribution in [0.15, 0.2) is 44.9 Å². The number of hydrogen-bond donors (Lipinski definition) is 0. The average Bonchev–Trinajstić information content (AvgIpc) is 3.53. The minimum absolute atomic E-state index is 0.0392. The molecule has 1 aromatic carbocycles. The highest BCUT2D eigenvalue weighted by Gasteiger charge is 2.34. The number of fused-ring (bicyclic) bond motifs is 1. The predicted molar refractivity (Wildman–Crippen MR) is 134 cm³/mol. The van der Waals surface area contributed by atoms with E-state index in [1.54, 1.807) is 47.2 Å². The van der Waals surface area contributed by atoms with Crippen LogP contribution in [0.5, 0.6) is 0 Å². The fraction of sp³-hybridized carbons (Fsp3) is 0.391. The average molecular weight is 552 g/mol. The van der Waals surface area contributed by atoms with Gasteiger partial charge in [0.25, 0.3) is 15.9 Å². The second kappa shape index (κ2) is 11.0. The van der Waals surface area contributed by atoms with Gasteiger partial charge in [0.2, 0.25) is 0 Å². The summed E-state index contributed by atoms with van der Waals surface area (Å²) >= 11 is 2.29. The third-order valence-electron chi connectivity index (χ3n) is 5.74. The topological polar surface area (TPSA) is 124 Å². The summed E-state index contributed by atoms with van der Waals surface area (Å²) in [5, 5.41) is 1.70. The molecule has 3 heterocycles. The van der Waals surface area contributed by atoms with Crippen LogP contribution in [0.2, 0.25) is 0 Å². The van der Waals surface area contributed by atoms with Crippen LogP contribution in [-0.2, 0) is 35.6 Å². The van der Waals surface area contributed by atoms with Gasteiger partial charge in [-0.15, -0.1) is 11.3 Å². The number of rotatable bonds is 7. The molecule has 0 aliphatic carbocycles. The monoisotopic (exact) mass is 551 g/mol. The molecular weight excluding hydrogens is 526 g/mol. The molecule has 0 saturated carbocycles. The van der Waals surface area contributed by atoms with Crippen LogP contribution < -0.4 is 4.80 Å². The molecule has 0 N–H and O–H groups in total. The molecule has 0 spiro atoms. The molecule has 4 rings (SSSR count). The summed E-state index contributed by atoms with van der Waals surface area (Å²) in [6.45, 7) is 2.15. The maximum absolute atomic E-state index is 13.2. The number of amides is 1. The molecule has 0 bridgehead atoms. The predicted octanol–water partition coefficient (Wildman–Crippen LogP) is 2.64. The van der Waals surface area contributed by atoms with Crippen molar-refractivity contribution in [2.24, 2.45) is 10.9 Å². The van der Waals surface area contributed by atoms with Crippen molar-refractivity contribution in [2.75, 3.05) is 26.8 Å². The molecular formula is C23H25N3O7S3. The van der Waals surface area contributed by atoms with Crippen LogP contribution in [-0.4, -0.2) is 61.9 Å². The number of ether oxygens (including phenoxy) is 2. The summed E-state index contributed by atoms with van der Waals surface area (Å²) in [7, 11) is -2.41. The molecule has 1 unspecified atom stereocenters. The number of carbonyl (C=O) groups excluding carboxylic acids is 3.